The highest BCUT2D eigenvalue weighted by Gasteiger charge is 2.20. The van der Waals surface area contributed by atoms with Gasteiger partial charge < -0.3 is 10.2 Å². The van der Waals surface area contributed by atoms with Crippen molar-refractivity contribution in [3.05, 3.63) is 41.9 Å². The lowest BCUT2D eigenvalue weighted by Gasteiger charge is -2.15. The number of hydrogen-bond acceptors (Lipinski definition) is 3. The van der Waals surface area contributed by atoms with E-state index in [4.69, 9.17) is 10.2 Å². The fourth-order valence-electron chi connectivity index (χ4n) is 2.18. The van der Waals surface area contributed by atoms with Crippen LogP contribution in [0.15, 0.2) is 35.0 Å². The van der Waals surface area contributed by atoms with Gasteiger partial charge in [-0.25, -0.2) is 0 Å². The molecule has 0 aromatic carbocycles. The molecule has 0 saturated heterocycles. The van der Waals surface area contributed by atoms with E-state index in [9.17, 15) is 0 Å². The van der Waals surface area contributed by atoms with E-state index < -0.39 is 0 Å². The summed E-state index contributed by atoms with van der Waals surface area (Å²) in [6.07, 6.45) is 6.53. The van der Waals surface area contributed by atoms with Crippen LogP contribution in [0.2, 0.25) is 0 Å². The molecule has 1 unspecified atom stereocenters. The molecule has 0 spiro atoms. The first-order chi connectivity index (χ1) is 7.83. The number of aryl methyl sites for hydroxylation is 1. The molecule has 3 nitrogen and oxygen atoms in total. The molecule has 0 aliphatic heterocycles. The lowest BCUT2D eigenvalue weighted by atomic mass is 9.95. The SMILES string of the molecule is NC1CCc2cc(-c3cccnc3)oc2C1. The fraction of sp³-hybridized carbons (Fsp3) is 0.308. The van der Waals surface area contributed by atoms with E-state index in [-0.39, 0.29) is 6.04 Å². The fourth-order valence-corrected chi connectivity index (χ4v) is 2.18. The maximum absolute atomic E-state index is 5.93. The molecule has 1 atom stereocenters. The van der Waals surface area contributed by atoms with Crippen LogP contribution in [0.5, 0.6) is 0 Å². The molecule has 2 N–H and O–H groups in total. The van der Waals surface area contributed by atoms with Crippen LogP contribution in [-0.4, -0.2) is 11.0 Å². The van der Waals surface area contributed by atoms with Gasteiger partial charge in [-0.05, 0) is 36.6 Å². The van der Waals surface area contributed by atoms with Crippen LogP contribution >= 0.6 is 0 Å². The largest absolute Gasteiger partial charge is 0.461 e. The van der Waals surface area contributed by atoms with E-state index in [0.717, 1.165) is 36.3 Å². The van der Waals surface area contributed by atoms with Crippen molar-refractivity contribution in [3.63, 3.8) is 0 Å². The van der Waals surface area contributed by atoms with Crippen molar-refractivity contribution in [2.45, 2.75) is 25.3 Å². The van der Waals surface area contributed by atoms with Gasteiger partial charge in [0.05, 0.1) is 0 Å². The molecule has 2 aromatic rings. The van der Waals surface area contributed by atoms with E-state index in [1.807, 2.05) is 18.3 Å². The van der Waals surface area contributed by atoms with Crippen molar-refractivity contribution in [3.8, 4) is 11.3 Å². The summed E-state index contributed by atoms with van der Waals surface area (Å²) in [7, 11) is 0. The Morgan fingerprint density at radius 2 is 2.38 bits per heavy atom. The molecule has 3 rings (SSSR count). The average molecular weight is 214 g/mol. The van der Waals surface area contributed by atoms with Gasteiger partial charge in [-0.15, -0.1) is 0 Å². The first-order valence-electron chi connectivity index (χ1n) is 5.60. The van der Waals surface area contributed by atoms with E-state index >= 15 is 0 Å². The highest BCUT2D eigenvalue weighted by Crippen LogP contribution is 2.29. The maximum Gasteiger partial charge on any atom is 0.136 e. The minimum atomic E-state index is 0.250. The monoisotopic (exact) mass is 214 g/mol. The van der Waals surface area contributed by atoms with Crippen molar-refractivity contribution in [1.82, 2.24) is 4.98 Å². The predicted octanol–water partition coefficient (Wildman–Crippen LogP) is 2.16. The highest BCUT2D eigenvalue weighted by molar-refractivity contribution is 5.57. The molecule has 1 aliphatic carbocycles. The van der Waals surface area contributed by atoms with Gasteiger partial charge in [0.15, 0.2) is 0 Å². The smallest absolute Gasteiger partial charge is 0.136 e. The predicted molar refractivity (Wildman–Crippen MR) is 61.9 cm³/mol. The van der Waals surface area contributed by atoms with Gasteiger partial charge in [-0.3, -0.25) is 4.98 Å². The van der Waals surface area contributed by atoms with Crippen molar-refractivity contribution < 1.29 is 4.42 Å². The minimum absolute atomic E-state index is 0.250. The summed E-state index contributed by atoms with van der Waals surface area (Å²) < 4.78 is 5.84. The van der Waals surface area contributed by atoms with Crippen LogP contribution in [0, 0.1) is 0 Å². The minimum Gasteiger partial charge on any atom is -0.461 e. The van der Waals surface area contributed by atoms with Crippen LogP contribution in [-0.2, 0) is 12.8 Å². The third kappa shape index (κ3) is 1.63. The molecule has 3 heteroatoms. The molecule has 2 aromatic heterocycles. The van der Waals surface area contributed by atoms with Crippen molar-refractivity contribution >= 4 is 0 Å². The Kier molecular flexibility index (Phi) is 2.26. The summed E-state index contributed by atoms with van der Waals surface area (Å²) in [5.74, 6) is 1.96. The van der Waals surface area contributed by atoms with Gasteiger partial charge >= 0.3 is 0 Å². The molecule has 0 amide bonds. The third-order valence-electron chi connectivity index (χ3n) is 3.07. The number of aromatic nitrogens is 1. The molecule has 0 fully saturated rings. The highest BCUT2D eigenvalue weighted by atomic mass is 16.3. The standard InChI is InChI=1S/C13H14N2O/c14-11-4-3-9-6-12(16-13(9)7-11)10-2-1-5-15-8-10/h1-2,5-6,8,11H,3-4,7,14H2. The van der Waals surface area contributed by atoms with Crippen molar-refractivity contribution in [2.75, 3.05) is 0 Å². The quantitative estimate of drug-likeness (QED) is 0.791. The van der Waals surface area contributed by atoms with Gasteiger partial charge in [-0.2, -0.15) is 0 Å². The van der Waals surface area contributed by atoms with Gasteiger partial charge in [0.2, 0.25) is 0 Å². The Morgan fingerprint density at radius 3 is 3.19 bits per heavy atom. The first-order valence-corrected chi connectivity index (χ1v) is 5.60. The van der Waals surface area contributed by atoms with Crippen LogP contribution in [0.4, 0.5) is 0 Å². The molecule has 0 saturated carbocycles. The Morgan fingerprint density at radius 1 is 1.44 bits per heavy atom. The van der Waals surface area contributed by atoms with Gasteiger partial charge in [-0.1, -0.05) is 0 Å². The number of pyridine rings is 1. The summed E-state index contributed by atoms with van der Waals surface area (Å²) in [5, 5.41) is 0. The number of fused-ring (bicyclic) bond motifs is 1. The van der Waals surface area contributed by atoms with E-state index in [0.29, 0.717) is 0 Å². The molecule has 1 aliphatic rings. The van der Waals surface area contributed by atoms with Crippen LogP contribution in [0.3, 0.4) is 0 Å². The number of furan rings is 1. The Labute approximate surface area is 94.3 Å². The lowest BCUT2D eigenvalue weighted by Crippen LogP contribution is -2.26. The zero-order valence-corrected chi connectivity index (χ0v) is 9.02. The number of rotatable bonds is 1. The first kappa shape index (κ1) is 9.60. The summed E-state index contributed by atoms with van der Waals surface area (Å²) in [4.78, 5) is 4.10. The van der Waals surface area contributed by atoms with Crippen LogP contribution < -0.4 is 5.73 Å². The molecule has 0 bridgehead atoms. The van der Waals surface area contributed by atoms with Crippen molar-refractivity contribution in [1.29, 1.82) is 0 Å². The molecule has 82 valence electrons. The summed E-state index contributed by atoms with van der Waals surface area (Å²) in [6.45, 7) is 0. The Bertz CT molecular complexity index is 490. The number of hydrogen-bond donors (Lipinski definition) is 1. The zero-order chi connectivity index (χ0) is 11.0. The lowest BCUT2D eigenvalue weighted by molar-refractivity contribution is 0.456. The zero-order valence-electron chi connectivity index (χ0n) is 9.02. The maximum atomic E-state index is 5.93. The summed E-state index contributed by atoms with van der Waals surface area (Å²) >= 11 is 0. The topological polar surface area (TPSA) is 52.0 Å². The van der Waals surface area contributed by atoms with Crippen LogP contribution in [0.1, 0.15) is 17.7 Å². The second-order valence-electron chi connectivity index (χ2n) is 4.30. The van der Waals surface area contributed by atoms with Crippen molar-refractivity contribution in [2.24, 2.45) is 5.73 Å². The molecule has 0 radical (unpaired) electrons. The van der Waals surface area contributed by atoms with Crippen LogP contribution in [0.25, 0.3) is 11.3 Å². The van der Waals surface area contributed by atoms with Gasteiger partial charge in [0.1, 0.15) is 11.5 Å². The summed E-state index contributed by atoms with van der Waals surface area (Å²) in [5.41, 5.74) is 8.26. The van der Waals surface area contributed by atoms with Gasteiger partial charge in [0, 0.05) is 30.4 Å². The van der Waals surface area contributed by atoms with E-state index in [1.165, 1.54) is 5.56 Å². The Hall–Kier alpha value is -1.61. The van der Waals surface area contributed by atoms with E-state index in [1.54, 1.807) is 6.20 Å². The molecule has 2 heterocycles. The molecule has 16 heavy (non-hydrogen) atoms. The number of nitrogens with zero attached hydrogens (tertiary/aromatic N) is 1. The average Bonchev–Trinajstić information content (AvgIpc) is 2.73. The third-order valence-corrected chi connectivity index (χ3v) is 3.07. The summed E-state index contributed by atoms with van der Waals surface area (Å²) in [6, 6.07) is 6.30. The Balaban J connectivity index is 1.99. The molecular formula is C13H14N2O. The normalized spacial score (nSPS) is 19.4. The second kappa shape index (κ2) is 3.76. The number of nitrogens with two attached hydrogens (primary N) is 1. The molecular weight excluding hydrogens is 200 g/mol. The van der Waals surface area contributed by atoms with E-state index in [2.05, 4.69) is 11.1 Å². The second-order valence-corrected chi connectivity index (χ2v) is 4.30. The van der Waals surface area contributed by atoms with Gasteiger partial charge in [0.25, 0.3) is 0 Å².